The van der Waals surface area contributed by atoms with E-state index in [1.165, 1.54) is 22.3 Å². The second-order valence-corrected chi connectivity index (χ2v) is 5.19. The molecular weight excluding hydrogens is 262 g/mol. The van der Waals surface area contributed by atoms with Gasteiger partial charge in [0.2, 0.25) is 0 Å². The number of carbonyl (C=O) groups is 1. The average Bonchev–Trinajstić information content (AvgIpc) is 2.47. The van der Waals surface area contributed by atoms with Crippen molar-refractivity contribution in [2.75, 3.05) is 6.54 Å². The molecule has 21 heavy (non-hydrogen) atoms. The van der Waals surface area contributed by atoms with Gasteiger partial charge in [0, 0.05) is 13.0 Å². The Morgan fingerprint density at radius 2 is 1.95 bits per heavy atom. The highest BCUT2D eigenvalue weighted by atomic mass is 16.4. The Hall–Kier alpha value is -2.13. The summed E-state index contributed by atoms with van der Waals surface area (Å²) in [5.41, 5.74) is 4.96. The van der Waals surface area contributed by atoms with Gasteiger partial charge >= 0.3 is 5.97 Å². The molecule has 0 aliphatic rings. The van der Waals surface area contributed by atoms with Crippen LogP contribution in [-0.2, 0) is 11.3 Å². The second-order valence-electron chi connectivity index (χ2n) is 5.19. The zero-order valence-corrected chi connectivity index (χ0v) is 12.3. The largest absolute Gasteiger partial charge is 0.481 e. The van der Waals surface area contributed by atoms with Gasteiger partial charge in [0.05, 0.1) is 0 Å². The van der Waals surface area contributed by atoms with Crippen LogP contribution >= 0.6 is 0 Å². The number of rotatable bonds is 7. The molecule has 3 nitrogen and oxygen atoms in total. The highest BCUT2D eigenvalue weighted by Gasteiger charge is 2.02. The zero-order chi connectivity index (χ0) is 15.1. The van der Waals surface area contributed by atoms with Crippen LogP contribution in [0.4, 0.5) is 0 Å². The lowest BCUT2D eigenvalue weighted by Gasteiger charge is -2.09. The van der Waals surface area contributed by atoms with Crippen molar-refractivity contribution in [3.05, 3.63) is 59.7 Å². The Bertz CT molecular complexity index is 608. The number of carboxylic acids is 1. The van der Waals surface area contributed by atoms with Crippen molar-refractivity contribution in [2.24, 2.45) is 0 Å². The number of nitrogens with one attached hydrogen (secondary N) is 1. The monoisotopic (exact) mass is 283 g/mol. The van der Waals surface area contributed by atoms with Gasteiger partial charge in [-0.25, -0.2) is 0 Å². The summed E-state index contributed by atoms with van der Waals surface area (Å²) < 4.78 is 0. The minimum atomic E-state index is -0.738. The molecule has 0 fully saturated rings. The third-order valence-corrected chi connectivity index (χ3v) is 3.46. The van der Waals surface area contributed by atoms with E-state index < -0.39 is 5.97 Å². The third-order valence-electron chi connectivity index (χ3n) is 3.46. The molecule has 2 aromatic carbocycles. The van der Waals surface area contributed by atoms with E-state index in [-0.39, 0.29) is 6.42 Å². The van der Waals surface area contributed by atoms with Crippen molar-refractivity contribution in [3.8, 4) is 11.1 Å². The SMILES string of the molecule is Cc1ccccc1-c1cccc(CNCCCC(=O)O)c1. The molecule has 0 saturated carbocycles. The summed E-state index contributed by atoms with van der Waals surface area (Å²) in [7, 11) is 0. The van der Waals surface area contributed by atoms with Crippen LogP contribution in [-0.4, -0.2) is 17.6 Å². The molecule has 0 unspecified atom stereocenters. The van der Waals surface area contributed by atoms with E-state index >= 15 is 0 Å². The number of hydrogen-bond acceptors (Lipinski definition) is 2. The minimum Gasteiger partial charge on any atom is -0.481 e. The van der Waals surface area contributed by atoms with Crippen LogP contribution < -0.4 is 5.32 Å². The highest BCUT2D eigenvalue weighted by molar-refractivity contribution is 5.67. The molecular formula is C18H21NO2. The van der Waals surface area contributed by atoms with Gasteiger partial charge in [-0.15, -0.1) is 0 Å². The van der Waals surface area contributed by atoms with Crippen LogP contribution in [0.2, 0.25) is 0 Å². The molecule has 0 aliphatic carbocycles. The van der Waals surface area contributed by atoms with Crippen LogP contribution in [0.15, 0.2) is 48.5 Å². The minimum absolute atomic E-state index is 0.219. The maximum absolute atomic E-state index is 10.4. The summed E-state index contributed by atoms with van der Waals surface area (Å²) in [6.07, 6.45) is 0.878. The molecule has 0 heterocycles. The van der Waals surface area contributed by atoms with Crippen molar-refractivity contribution >= 4 is 5.97 Å². The molecule has 2 rings (SSSR count). The van der Waals surface area contributed by atoms with Crippen LogP contribution in [0.5, 0.6) is 0 Å². The molecule has 110 valence electrons. The van der Waals surface area contributed by atoms with Gasteiger partial charge in [-0.3, -0.25) is 4.79 Å². The molecule has 2 N–H and O–H groups in total. The summed E-state index contributed by atoms with van der Waals surface area (Å²) in [5, 5.41) is 11.9. The van der Waals surface area contributed by atoms with E-state index in [1.807, 2.05) is 6.07 Å². The van der Waals surface area contributed by atoms with Gasteiger partial charge < -0.3 is 10.4 Å². The van der Waals surface area contributed by atoms with Crippen molar-refractivity contribution < 1.29 is 9.90 Å². The summed E-state index contributed by atoms with van der Waals surface area (Å²) in [5.74, 6) is -0.738. The summed E-state index contributed by atoms with van der Waals surface area (Å²) in [6, 6.07) is 16.8. The quantitative estimate of drug-likeness (QED) is 0.763. The fraction of sp³-hybridized carbons (Fsp3) is 0.278. The first-order chi connectivity index (χ1) is 10.2. The van der Waals surface area contributed by atoms with E-state index in [1.54, 1.807) is 0 Å². The number of hydrogen-bond donors (Lipinski definition) is 2. The molecule has 0 aromatic heterocycles. The average molecular weight is 283 g/mol. The third kappa shape index (κ3) is 4.72. The predicted molar refractivity (Wildman–Crippen MR) is 85.2 cm³/mol. The van der Waals surface area contributed by atoms with Gasteiger partial charge in [-0.2, -0.15) is 0 Å². The molecule has 3 heteroatoms. The Morgan fingerprint density at radius 1 is 1.14 bits per heavy atom. The van der Waals surface area contributed by atoms with Crippen LogP contribution in [0.25, 0.3) is 11.1 Å². The van der Waals surface area contributed by atoms with Gasteiger partial charge in [-0.05, 0) is 48.2 Å². The number of benzene rings is 2. The van der Waals surface area contributed by atoms with Crippen LogP contribution in [0.3, 0.4) is 0 Å². The van der Waals surface area contributed by atoms with Gasteiger partial charge in [0.25, 0.3) is 0 Å². The first-order valence-electron chi connectivity index (χ1n) is 7.24. The maximum Gasteiger partial charge on any atom is 0.303 e. The van der Waals surface area contributed by atoms with Crippen molar-refractivity contribution in [1.82, 2.24) is 5.32 Å². The number of aliphatic carboxylic acids is 1. The lowest BCUT2D eigenvalue weighted by atomic mass is 9.99. The zero-order valence-electron chi connectivity index (χ0n) is 12.3. The van der Waals surface area contributed by atoms with E-state index in [9.17, 15) is 4.79 Å². The second kappa shape index (κ2) is 7.60. The van der Waals surface area contributed by atoms with Crippen molar-refractivity contribution in [1.29, 1.82) is 0 Å². The Kier molecular flexibility index (Phi) is 5.52. The van der Waals surface area contributed by atoms with Crippen LogP contribution in [0, 0.1) is 6.92 Å². The highest BCUT2D eigenvalue weighted by Crippen LogP contribution is 2.23. The number of carboxylic acid groups (broad SMARTS) is 1. The Balaban J connectivity index is 1.95. The van der Waals surface area contributed by atoms with Gasteiger partial charge in [0.15, 0.2) is 0 Å². The Labute approximate surface area is 125 Å². The smallest absolute Gasteiger partial charge is 0.303 e. The normalized spacial score (nSPS) is 10.5. The van der Waals surface area contributed by atoms with Crippen LogP contribution in [0.1, 0.15) is 24.0 Å². The predicted octanol–water partition coefficient (Wildman–Crippen LogP) is 3.62. The molecule has 0 radical (unpaired) electrons. The molecule has 0 atom stereocenters. The molecule has 2 aromatic rings. The van der Waals surface area contributed by atoms with E-state index in [2.05, 4.69) is 54.7 Å². The van der Waals surface area contributed by atoms with Gasteiger partial charge in [-0.1, -0.05) is 42.5 Å². The fourth-order valence-corrected chi connectivity index (χ4v) is 2.34. The first-order valence-corrected chi connectivity index (χ1v) is 7.24. The fourth-order valence-electron chi connectivity index (χ4n) is 2.34. The lowest BCUT2D eigenvalue weighted by molar-refractivity contribution is -0.137. The Morgan fingerprint density at radius 3 is 2.71 bits per heavy atom. The maximum atomic E-state index is 10.4. The molecule has 0 amide bonds. The van der Waals surface area contributed by atoms with E-state index in [0.29, 0.717) is 6.42 Å². The standard InChI is InChI=1S/C18H21NO2/c1-14-6-2-3-9-17(14)16-8-4-7-15(12-16)13-19-11-5-10-18(20)21/h2-4,6-9,12,19H,5,10-11,13H2,1H3,(H,20,21). The summed E-state index contributed by atoms with van der Waals surface area (Å²) >= 11 is 0. The van der Waals surface area contributed by atoms with Gasteiger partial charge in [0.1, 0.15) is 0 Å². The molecule has 0 saturated heterocycles. The molecule has 0 aliphatic heterocycles. The van der Waals surface area contributed by atoms with E-state index in [4.69, 9.17) is 5.11 Å². The topological polar surface area (TPSA) is 49.3 Å². The summed E-state index contributed by atoms with van der Waals surface area (Å²) in [6.45, 7) is 3.60. The van der Waals surface area contributed by atoms with Crippen molar-refractivity contribution in [2.45, 2.75) is 26.3 Å². The number of aryl methyl sites for hydroxylation is 1. The molecule has 0 spiro atoms. The summed E-state index contributed by atoms with van der Waals surface area (Å²) in [4.78, 5) is 10.4. The molecule has 0 bridgehead atoms. The van der Waals surface area contributed by atoms with Crippen molar-refractivity contribution in [3.63, 3.8) is 0 Å². The van der Waals surface area contributed by atoms with E-state index in [0.717, 1.165) is 13.1 Å². The first kappa shape index (κ1) is 15.3. The lowest BCUT2D eigenvalue weighted by Crippen LogP contribution is -2.15.